The van der Waals surface area contributed by atoms with Crippen LogP contribution in [0.15, 0.2) is 18.2 Å². The Labute approximate surface area is 144 Å². The van der Waals surface area contributed by atoms with E-state index in [4.69, 9.17) is 0 Å². The van der Waals surface area contributed by atoms with Gasteiger partial charge in [-0.3, -0.25) is 0 Å². The molecule has 0 spiro atoms. The first-order valence-corrected chi connectivity index (χ1v) is 8.08. The summed E-state index contributed by atoms with van der Waals surface area (Å²) >= 11 is 0. The Morgan fingerprint density at radius 3 is 1.74 bits per heavy atom. The molecule has 1 rings (SSSR count). The molecule has 5 heteroatoms. The molecule has 0 radical (unpaired) electrons. The van der Waals surface area contributed by atoms with E-state index < -0.39 is 0 Å². The molecule has 0 aliphatic rings. The maximum Gasteiger partial charge on any atom is 0.145 e. The molecule has 0 aliphatic carbocycles. The Balaban J connectivity index is -0.000000154. The average Bonchev–Trinajstić information content (AvgIpc) is 2.52. The van der Waals surface area contributed by atoms with Crippen LogP contribution in [0.3, 0.4) is 0 Å². The summed E-state index contributed by atoms with van der Waals surface area (Å²) in [6.45, 7) is 14.8. The molecule has 0 unspecified atom stereocenters. The zero-order valence-corrected chi connectivity index (χ0v) is 16.8. The lowest BCUT2D eigenvalue weighted by Crippen LogP contribution is -2.09. The standard InChI is InChI=1S/C11H18N2.C3H8O2.2C2H6.H2O/c1-8(2)13-10-5-6-11(12-4)9(3)7-10;1-4-3-5-2;2*1-2;/h5-8,12-13H,1-4H3;3H2,1-2H3;2*1-2H3;1H2. The maximum atomic E-state index is 4.47. The first-order chi connectivity index (χ1) is 10.5. The summed E-state index contributed by atoms with van der Waals surface area (Å²) in [7, 11) is 5.12. The zero-order valence-electron chi connectivity index (χ0n) is 16.8. The Bertz CT molecular complexity index is 330. The van der Waals surface area contributed by atoms with Gasteiger partial charge in [-0.05, 0) is 44.5 Å². The van der Waals surface area contributed by atoms with Gasteiger partial charge in [0, 0.05) is 38.7 Å². The lowest BCUT2D eigenvalue weighted by molar-refractivity contribution is -0.00271. The molecular weight excluding hydrogens is 292 g/mol. The van der Waals surface area contributed by atoms with Gasteiger partial charge in [0.05, 0.1) is 0 Å². The van der Waals surface area contributed by atoms with Crippen molar-refractivity contribution >= 4 is 11.4 Å². The molecule has 5 nitrogen and oxygen atoms in total. The molecule has 1 aromatic rings. The molecule has 0 bridgehead atoms. The summed E-state index contributed by atoms with van der Waals surface area (Å²) in [6.07, 6.45) is 0. The van der Waals surface area contributed by atoms with Crippen molar-refractivity contribution in [2.75, 3.05) is 38.7 Å². The van der Waals surface area contributed by atoms with Gasteiger partial charge < -0.3 is 25.6 Å². The summed E-state index contributed by atoms with van der Waals surface area (Å²) in [4.78, 5) is 0. The number of hydrogen-bond donors (Lipinski definition) is 2. The highest BCUT2D eigenvalue weighted by atomic mass is 16.6. The van der Waals surface area contributed by atoms with E-state index in [-0.39, 0.29) is 5.48 Å². The highest BCUT2D eigenvalue weighted by Gasteiger charge is 1.98. The molecule has 4 N–H and O–H groups in total. The summed E-state index contributed by atoms with van der Waals surface area (Å²) in [5, 5.41) is 6.52. The van der Waals surface area contributed by atoms with Crippen LogP contribution >= 0.6 is 0 Å². The maximum absolute atomic E-state index is 4.47. The van der Waals surface area contributed by atoms with E-state index in [2.05, 4.69) is 59.1 Å². The predicted molar refractivity (Wildman–Crippen MR) is 105 cm³/mol. The van der Waals surface area contributed by atoms with Gasteiger partial charge >= 0.3 is 0 Å². The van der Waals surface area contributed by atoms with E-state index in [9.17, 15) is 0 Å². The minimum Gasteiger partial charge on any atom is -0.412 e. The minimum atomic E-state index is 0. The molecule has 23 heavy (non-hydrogen) atoms. The molecule has 0 saturated carbocycles. The average molecular weight is 333 g/mol. The van der Waals surface area contributed by atoms with E-state index in [1.807, 2.05) is 34.7 Å². The lowest BCUT2D eigenvalue weighted by atomic mass is 10.1. The molecule has 0 aromatic heterocycles. The monoisotopic (exact) mass is 332 g/mol. The Hall–Kier alpha value is -1.30. The number of nitrogens with one attached hydrogen (secondary N) is 2. The van der Waals surface area contributed by atoms with E-state index in [0.717, 1.165) is 0 Å². The van der Waals surface area contributed by atoms with Crippen LogP contribution in [0.2, 0.25) is 0 Å². The summed E-state index contributed by atoms with van der Waals surface area (Å²) in [5.41, 5.74) is 3.65. The van der Waals surface area contributed by atoms with Crippen molar-refractivity contribution in [1.82, 2.24) is 0 Å². The van der Waals surface area contributed by atoms with E-state index in [1.165, 1.54) is 16.9 Å². The number of ether oxygens (including phenoxy) is 2. The minimum absolute atomic E-state index is 0. The first kappa shape index (κ1) is 29.7. The van der Waals surface area contributed by atoms with Gasteiger partial charge in [0.1, 0.15) is 6.79 Å². The molecule has 0 fully saturated rings. The number of aryl methyl sites for hydroxylation is 1. The fourth-order valence-corrected chi connectivity index (χ4v) is 1.49. The van der Waals surface area contributed by atoms with Gasteiger partial charge in [0.15, 0.2) is 0 Å². The molecule has 0 atom stereocenters. The van der Waals surface area contributed by atoms with Crippen molar-refractivity contribution in [3.8, 4) is 0 Å². The molecule has 140 valence electrons. The fraction of sp³-hybridized carbons (Fsp3) is 0.667. The van der Waals surface area contributed by atoms with E-state index in [1.54, 1.807) is 14.2 Å². The highest BCUT2D eigenvalue weighted by Crippen LogP contribution is 2.19. The Morgan fingerprint density at radius 1 is 1.00 bits per heavy atom. The Morgan fingerprint density at radius 2 is 1.48 bits per heavy atom. The van der Waals surface area contributed by atoms with Crippen LogP contribution in [0.5, 0.6) is 0 Å². The second-order valence-electron chi connectivity index (χ2n) is 4.27. The van der Waals surface area contributed by atoms with Crippen LogP contribution in [0.1, 0.15) is 47.1 Å². The highest BCUT2D eigenvalue weighted by molar-refractivity contribution is 5.59. The topological polar surface area (TPSA) is 74.0 Å². The van der Waals surface area contributed by atoms with E-state index >= 15 is 0 Å². The summed E-state index contributed by atoms with van der Waals surface area (Å²) < 4.78 is 8.94. The summed E-state index contributed by atoms with van der Waals surface area (Å²) in [6, 6.07) is 6.84. The van der Waals surface area contributed by atoms with E-state index in [0.29, 0.717) is 12.8 Å². The molecule has 0 aliphatic heterocycles. The van der Waals surface area contributed by atoms with Crippen molar-refractivity contribution < 1.29 is 14.9 Å². The third-order valence-corrected chi connectivity index (χ3v) is 2.19. The molecule has 0 amide bonds. The third-order valence-electron chi connectivity index (χ3n) is 2.19. The van der Waals surface area contributed by atoms with Crippen molar-refractivity contribution in [3.63, 3.8) is 0 Å². The van der Waals surface area contributed by atoms with Gasteiger partial charge in [-0.1, -0.05) is 27.7 Å². The quantitative estimate of drug-likeness (QED) is 0.787. The smallest absolute Gasteiger partial charge is 0.145 e. The van der Waals surface area contributed by atoms with Gasteiger partial charge in [-0.15, -0.1) is 0 Å². The van der Waals surface area contributed by atoms with Crippen LogP contribution in [0, 0.1) is 6.92 Å². The second-order valence-corrected chi connectivity index (χ2v) is 4.27. The number of anilines is 2. The van der Waals surface area contributed by atoms with Crippen molar-refractivity contribution in [3.05, 3.63) is 23.8 Å². The number of hydrogen-bond acceptors (Lipinski definition) is 4. The number of methoxy groups -OCH3 is 2. The molecule has 1 aromatic carbocycles. The molecule has 0 heterocycles. The van der Waals surface area contributed by atoms with Crippen LogP contribution < -0.4 is 10.6 Å². The fourth-order valence-electron chi connectivity index (χ4n) is 1.49. The van der Waals surface area contributed by atoms with Crippen molar-refractivity contribution in [2.24, 2.45) is 0 Å². The largest absolute Gasteiger partial charge is 0.412 e. The predicted octanol–water partition coefficient (Wildman–Crippen LogP) is 4.32. The third kappa shape index (κ3) is 18.7. The van der Waals surface area contributed by atoms with Gasteiger partial charge in [-0.2, -0.15) is 0 Å². The number of rotatable bonds is 5. The normalized spacial score (nSPS) is 8.13. The zero-order chi connectivity index (χ0) is 18.0. The van der Waals surface area contributed by atoms with Gasteiger partial charge in [0.25, 0.3) is 0 Å². The second kappa shape index (κ2) is 23.0. The van der Waals surface area contributed by atoms with Crippen LogP contribution in [-0.2, 0) is 9.47 Å². The van der Waals surface area contributed by atoms with Gasteiger partial charge in [-0.25, -0.2) is 0 Å². The molecular formula is C18H40N2O3. The number of benzene rings is 1. The van der Waals surface area contributed by atoms with Crippen molar-refractivity contribution in [2.45, 2.75) is 54.5 Å². The SMILES string of the molecule is CC.CC.CNc1ccc(NC(C)C)cc1C.COCOC.O. The van der Waals surface area contributed by atoms with Gasteiger partial charge in [0.2, 0.25) is 0 Å². The Kier molecular flexibility index (Phi) is 29.6. The lowest BCUT2D eigenvalue weighted by Gasteiger charge is -2.12. The van der Waals surface area contributed by atoms with Crippen LogP contribution in [0.4, 0.5) is 11.4 Å². The molecule has 0 saturated heterocycles. The van der Waals surface area contributed by atoms with Crippen LogP contribution in [0.25, 0.3) is 0 Å². The van der Waals surface area contributed by atoms with Crippen LogP contribution in [-0.4, -0.2) is 39.6 Å². The summed E-state index contributed by atoms with van der Waals surface area (Å²) in [5.74, 6) is 0. The van der Waals surface area contributed by atoms with Crippen molar-refractivity contribution in [1.29, 1.82) is 0 Å². The first-order valence-electron chi connectivity index (χ1n) is 8.08.